The smallest absolute Gasteiger partial charge is 0.310 e. The summed E-state index contributed by atoms with van der Waals surface area (Å²) in [6.45, 7) is 16.9. The maximum atomic E-state index is 13.1. The van der Waals surface area contributed by atoms with Crippen molar-refractivity contribution in [3.8, 4) is 0 Å². The van der Waals surface area contributed by atoms with Crippen molar-refractivity contribution in [1.82, 2.24) is 0 Å². The molecule has 0 aromatic heterocycles. The van der Waals surface area contributed by atoms with Crippen LogP contribution in [0, 0.1) is 56.7 Å². The van der Waals surface area contributed by atoms with E-state index in [9.17, 15) is 9.90 Å². The zero-order valence-corrected chi connectivity index (χ0v) is 29.0. The molecule has 4 saturated carbocycles. The second kappa shape index (κ2) is 10.7. The Kier molecular flexibility index (Phi) is 7.70. The summed E-state index contributed by atoms with van der Waals surface area (Å²) in [4.78, 5) is 13.1. The highest BCUT2D eigenvalue weighted by Crippen LogP contribution is 2.76. The Balaban J connectivity index is 1.48. The van der Waals surface area contributed by atoms with Crippen LogP contribution in [0.5, 0.6) is 0 Å². The molecule has 0 heterocycles. The van der Waals surface area contributed by atoms with Crippen LogP contribution in [0.2, 0.25) is 5.02 Å². The van der Waals surface area contributed by atoms with Gasteiger partial charge in [0.2, 0.25) is 5.96 Å². The van der Waals surface area contributed by atoms with Gasteiger partial charge in [0, 0.05) is 10.4 Å². The molecule has 6 nitrogen and oxygen atoms in total. The van der Waals surface area contributed by atoms with E-state index >= 15 is 0 Å². The lowest BCUT2D eigenvalue weighted by molar-refractivity contribution is -0.179. The summed E-state index contributed by atoms with van der Waals surface area (Å²) >= 11 is 6.24. The molecule has 0 aliphatic heterocycles. The molecule has 0 bridgehead atoms. The second-order valence-electron chi connectivity index (χ2n) is 16.7. The minimum absolute atomic E-state index is 0.00357. The van der Waals surface area contributed by atoms with Crippen molar-refractivity contribution in [2.24, 2.45) is 78.3 Å². The van der Waals surface area contributed by atoms with Gasteiger partial charge in [0.1, 0.15) is 0 Å². The molecule has 3 unspecified atom stereocenters. The molecule has 7 heteroatoms. The van der Waals surface area contributed by atoms with Gasteiger partial charge in [0.15, 0.2) is 0 Å². The normalized spacial score (nSPS) is 43.7. The Morgan fingerprint density at radius 2 is 1.67 bits per heavy atom. The average Bonchev–Trinajstić information content (AvgIpc) is 2.95. The number of allylic oxidation sites excluding steroid dienone is 3. The van der Waals surface area contributed by atoms with Gasteiger partial charge in [-0.1, -0.05) is 83.8 Å². The fourth-order valence-electron chi connectivity index (χ4n) is 11.9. The third-order valence-electron chi connectivity index (χ3n) is 14.5. The van der Waals surface area contributed by atoms with E-state index in [-0.39, 0.29) is 33.5 Å². The molecule has 5 N–H and O–H groups in total. The zero-order chi connectivity index (χ0) is 32.7. The van der Waals surface area contributed by atoms with E-state index in [0.717, 1.165) is 62.6 Å². The Morgan fingerprint density at radius 1 is 0.978 bits per heavy atom. The van der Waals surface area contributed by atoms with Crippen molar-refractivity contribution in [3.05, 3.63) is 52.1 Å². The van der Waals surface area contributed by atoms with Crippen molar-refractivity contribution in [3.63, 3.8) is 0 Å². The molecular weight excluding hydrogens is 580 g/mol. The van der Waals surface area contributed by atoms with Gasteiger partial charge in [-0.2, -0.15) is 5.10 Å². The van der Waals surface area contributed by atoms with Crippen LogP contribution in [0.1, 0.15) is 105 Å². The van der Waals surface area contributed by atoms with Crippen LogP contribution in [-0.2, 0) is 4.79 Å². The molecule has 0 saturated heterocycles. The van der Waals surface area contributed by atoms with Gasteiger partial charge >= 0.3 is 5.97 Å². The number of carboxylic acids is 1. The molecule has 45 heavy (non-hydrogen) atoms. The number of benzene rings is 1. The quantitative estimate of drug-likeness (QED) is 0.134. The number of halogens is 1. The highest BCUT2D eigenvalue weighted by atomic mass is 35.5. The van der Waals surface area contributed by atoms with Crippen molar-refractivity contribution in [2.75, 3.05) is 0 Å². The van der Waals surface area contributed by atoms with Crippen LogP contribution >= 0.6 is 11.6 Å². The first-order chi connectivity index (χ1) is 21.0. The predicted molar refractivity (Wildman–Crippen MR) is 185 cm³/mol. The SMILES string of the molecule is C[C@@H]1CC[C@]2(C(=O)O)CC[C@]3(C)C(=CCC4[C@@]5(C)CC(=C\c6ccc(Cl)cc6)/C(=N\N=C(N)N)C(C)(C)C5CC[C@]43C)C2[C@H]1C. The lowest BCUT2D eigenvalue weighted by Gasteiger charge is -2.71. The third-order valence-corrected chi connectivity index (χ3v) is 14.8. The molecule has 5 aliphatic carbocycles. The number of carboxylic acid groups (broad SMARTS) is 1. The van der Waals surface area contributed by atoms with E-state index in [0.29, 0.717) is 28.7 Å². The molecule has 0 amide bonds. The molecular formula is C38H53ClN4O2. The van der Waals surface area contributed by atoms with Gasteiger partial charge in [-0.25, -0.2) is 0 Å². The fourth-order valence-corrected chi connectivity index (χ4v) is 12.0. The standard InChI is InChI=1S/C38H53ClN4O2/c1-22-14-17-38(32(44)45)19-18-36(6)27(30(38)23(22)2)12-13-29-35(5)21-25(20-24-8-10-26(39)11-9-24)31(42-43-33(40)41)34(3,4)28(35)15-16-37(29,36)7/h8-12,20,22-23,28-30H,13-19,21H2,1-7H3,(H,44,45)(H4,40,41,43)/b25-20+,42-31+/t22-,23+,28?,29?,30?,35+,36-,37-,38+/m1/s1. The van der Waals surface area contributed by atoms with E-state index < -0.39 is 11.4 Å². The van der Waals surface area contributed by atoms with Crippen molar-refractivity contribution in [2.45, 2.75) is 99.8 Å². The fraction of sp³-hybridized carbons (Fsp3) is 0.658. The van der Waals surface area contributed by atoms with Gasteiger partial charge in [0.05, 0.1) is 11.1 Å². The summed E-state index contributed by atoms with van der Waals surface area (Å²) in [6.07, 6.45) is 12.4. The number of hydrogen-bond acceptors (Lipinski definition) is 3. The summed E-state index contributed by atoms with van der Waals surface area (Å²) in [5.41, 5.74) is 15.4. The average molecular weight is 633 g/mol. The van der Waals surface area contributed by atoms with Crippen LogP contribution in [-0.4, -0.2) is 22.7 Å². The molecule has 9 atom stereocenters. The van der Waals surface area contributed by atoms with E-state index in [1.807, 2.05) is 12.1 Å². The first-order valence-electron chi connectivity index (χ1n) is 17.1. The highest BCUT2D eigenvalue weighted by Gasteiger charge is 2.69. The highest BCUT2D eigenvalue weighted by molar-refractivity contribution is 6.30. The van der Waals surface area contributed by atoms with E-state index in [1.165, 1.54) is 11.1 Å². The van der Waals surface area contributed by atoms with Crippen molar-refractivity contribution in [1.29, 1.82) is 0 Å². The molecule has 0 spiro atoms. The Bertz CT molecular complexity index is 1510. The predicted octanol–water partition coefficient (Wildman–Crippen LogP) is 8.70. The topological polar surface area (TPSA) is 114 Å². The Hall–Kier alpha value is -2.60. The summed E-state index contributed by atoms with van der Waals surface area (Å²) in [7, 11) is 0. The summed E-state index contributed by atoms with van der Waals surface area (Å²) in [5.74, 6) is 1.25. The summed E-state index contributed by atoms with van der Waals surface area (Å²) in [6, 6.07) is 7.97. The number of hydrogen-bond donors (Lipinski definition) is 3. The van der Waals surface area contributed by atoms with Gasteiger partial charge in [-0.15, -0.1) is 5.10 Å². The van der Waals surface area contributed by atoms with Crippen LogP contribution in [0.4, 0.5) is 0 Å². The zero-order valence-electron chi connectivity index (χ0n) is 28.3. The number of nitrogens with two attached hydrogens (primary N) is 2. The number of aliphatic carboxylic acids is 1. The molecule has 4 fully saturated rings. The first kappa shape index (κ1) is 32.3. The third kappa shape index (κ3) is 4.58. The van der Waals surface area contributed by atoms with E-state index in [2.05, 4.69) is 77.9 Å². The lowest BCUT2D eigenvalue weighted by Crippen LogP contribution is -2.65. The molecule has 1 aromatic rings. The van der Waals surface area contributed by atoms with Crippen LogP contribution < -0.4 is 11.5 Å². The molecule has 244 valence electrons. The van der Waals surface area contributed by atoms with Crippen LogP contribution in [0.25, 0.3) is 6.08 Å². The van der Waals surface area contributed by atoms with Gasteiger partial charge < -0.3 is 16.6 Å². The maximum absolute atomic E-state index is 13.1. The molecule has 5 aliphatic rings. The van der Waals surface area contributed by atoms with Gasteiger partial charge in [-0.05, 0) is 127 Å². The van der Waals surface area contributed by atoms with Crippen LogP contribution in [0.3, 0.4) is 0 Å². The molecule has 0 radical (unpaired) electrons. The summed E-state index contributed by atoms with van der Waals surface area (Å²) < 4.78 is 0. The van der Waals surface area contributed by atoms with E-state index in [1.54, 1.807) is 0 Å². The summed E-state index contributed by atoms with van der Waals surface area (Å²) in [5, 5.41) is 20.4. The Morgan fingerprint density at radius 3 is 2.31 bits per heavy atom. The molecule has 1 aromatic carbocycles. The minimum Gasteiger partial charge on any atom is -0.481 e. The largest absolute Gasteiger partial charge is 0.481 e. The monoisotopic (exact) mass is 632 g/mol. The van der Waals surface area contributed by atoms with Gasteiger partial charge in [0.25, 0.3) is 0 Å². The number of fused-ring (bicyclic) bond motifs is 7. The number of nitrogens with zero attached hydrogens (tertiary/aromatic N) is 2. The minimum atomic E-state index is -0.625. The lowest BCUT2D eigenvalue weighted by atomic mass is 9.33. The van der Waals surface area contributed by atoms with Crippen molar-refractivity contribution >= 4 is 35.3 Å². The molecule has 6 rings (SSSR count). The number of rotatable bonds is 3. The maximum Gasteiger partial charge on any atom is 0.310 e. The van der Waals surface area contributed by atoms with Crippen molar-refractivity contribution < 1.29 is 9.90 Å². The number of guanidine groups is 1. The second-order valence-corrected chi connectivity index (χ2v) is 17.1. The first-order valence-corrected chi connectivity index (χ1v) is 17.5. The number of carbonyl (C=O) groups is 1. The van der Waals surface area contributed by atoms with Crippen LogP contribution in [0.15, 0.2) is 51.7 Å². The van der Waals surface area contributed by atoms with E-state index in [4.69, 9.17) is 28.2 Å². The Labute approximate surface area is 274 Å². The van der Waals surface area contributed by atoms with Gasteiger partial charge in [-0.3, -0.25) is 4.79 Å².